The fourth-order valence-corrected chi connectivity index (χ4v) is 1.72. The standard InChI is InChI=1S/C13H12FN3O2/c1-7-3-12(10(8(2)18)4-11(7)14)17-6-9(5-16-17)13(15)19/h3-6H,1-2H3,(H2,15,19). The van der Waals surface area contributed by atoms with E-state index in [0.717, 1.165) is 0 Å². The first-order valence-corrected chi connectivity index (χ1v) is 5.56. The number of halogens is 1. The van der Waals surface area contributed by atoms with Gasteiger partial charge in [-0.3, -0.25) is 9.59 Å². The van der Waals surface area contributed by atoms with Gasteiger partial charge in [-0.2, -0.15) is 5.10 Å². The molecule has 2 N–H and O–H groups in total. The molecule has 0 saturated heterocycles. The predicted molar refractivity (Wildman–Crippen MR) is 66.8 cm³/mol. The molecule has 1 heterocycles. The molecule has 0 bridgehead atoms. The first kappa shape index (κ1) is 12.9. The van der Waals surface area contributed by atoms with Gasteiger partial charge < -0.3 is 5.73 Å². The molecule has 0 fully saturated rings. The molecule has 19 heavy (non-hydrogen) atoms. The van der Waals surface area contributed by atoms with E-state index in [9.17, 15) is 14.0 Å². The topological polar surface area (TPSA) is 78.0 Å². The van der Waals surface area contributed by atoms with Crippen LogP contribution in [0.5, 0.6) is 0 Å². The highest BCUT2D eigenvalue weighted by atomic mass is 19.1. The van der Waals surface area contributed by atoms with Crippen LogP contribution in [-0.4, -0.2) is 21.5 Å². The second kappa shape index (κ2) is 4.64. The molecule has 6 heteroatoms. The Kier molecular flexibility index (Phi) is 3.16. The zero-order valence-corrected chi connectivity index (χ0v) is 10.5. The van der Waals surface area contributed by atoms with Gasteiger partial charge in [0.2, 0.25) is 0 Å². The molecule has 98 valence electrons. The van der Waals surface area contributed by atoms with Crippen molar-refractivity contribution in [1.82, 2.24) is 9.78 Å². The summed E-state index contributed by atoms with van der Waals surface area (Å²) in [6.07, 6.45) is 2.70. The molecule has 0 unspecified atom stereocenters. The summed E-state index contributed by atoms with van der Waals surface area (Å²) in [7, 11) is 0. The second-order valence-electron chi connectivity index (χ2n) is 4.21. The Bertz CT molecular complexity index is 677. The minimum Gasteiger partial charge on any atom is -0.366 e. The lowest BCUT2D eigenvalue weighted by atomic mass is 10.1. The first-order chi connectivity index (χ1) is 8.90. The normalized spacial score (nSPS) is 10.5. The van der Waals surface area contributed by atoms with Gasteiger partial charge in [-0.25, -0.2) is 9.07 Å². The number of rotatable bonds is 3. The number of aromatic nitrogens is 2. The van der Waals surface area contributed by atoms with Gasteiger partial charge in [0.1, 0.15) is 5.82 Å². The summed E-state index contributed by atoms with van der Waals surface area (Å²) < 4.78 is 14.8. The van der Waals surface area contributed by atoms with Crippen molar-refractivity contribution < 1.29 is 14.0 Å². The summed E-state index contributed by atoms with van der Waals surface area (Å²) in [5.41, 5.74) is 6.35. The van der Waals surface area contributed by atoms with Crippen LogP contribution in [0.25, 0.3) is 5.69 Å². The summed E-state index contributed by atoms with van der Waals surface area (Å²) >= 11 is 0. The Morgan fingerprint density at radius 1 is 1.37 bits per heavy atom. The molecule has 0 spiro atoms. The van der Waals surface area contributed by atoms with E-state index in [1.807, 2.05) is 0 Å². The average Bonchev–Trinajstić information content (AvgIpc) is 2.81. The van der Waals surface area contributed by atoms with Crippen LogP contribution >= 0.6 is 0 Å². The van der Waals surface area contributed by atoms with Crippen LogP contribution < -0.4 is 5.73 Å². The first-order valence-electron chi connectivity index (χ1n) is 5.56. The fourth-order valence-electron chi connectivity index (χ4n) is 1.72. The van der Waals surface area contributed by atoms with E-state index >= 15 is 0 Å². The number of benzene rings is 1. The number of Topliss-reactive ketones (excluding diaryl/α,β-unsaturated/α-hetero) is 1. The number of nitrogens with zero attached hydrogens (tertiary/aromatic N) is 2. The van der Waals surface area contributed by atoms with Gasteiger partial charge in [-0.1, -0.05) is 0 Å². The summed E-state index contributed by atoms with van der Waals surface area (Å²) in [6, 6.07) is 2.67. The molecule has 1 aromatic carbocycles. The molecule has 2 aromatic rings. The third kappa shape index (κ3) is 2.37. The highest BCUT2D eigenvalue weighted by Gasteiger charge is 2.14. The summed E-state index contributed by atoms with van der Waals surface area (Å²) in [4.78, 5) is 22.6. The number of carbonyl (C=O) groups excluding carboxylic acids is 2. The zero-order valence-electron chi connectivity index (χ0n) is 10.5. The highest BCUT2D eigenvalue weighted by Crippen LogP contribution is 2.20. The van der Waals surface area contributed by atoms with Crippen molar-refractivity contribution in [2.24, 2.45) is 5.73 Å². The van der Waals surface area contributed by atoms with Crippen molar-refractivity contribution in [2.45, 2.75) is 13.8 Å². The SMILES string of the molecule is CC(=O)c1cc(F)c(C)cc1-n1cc(C(N)=O)cn1. The molecular weight excluding hydrogens is 249 g/mol. The molecule has 1 aromatic heterocycles. The summed E-state index contributed by atoms with van der Waals surface area (Å²) in [6.45, 7) is 2.92. The molecule has 0 aliphatic heterocycles. The molecular formula is C13H12FN3O2. The van der Waals surface area contributed by atoms with Gasteiger partial charge in [-0.05, 0) is 31.5 Å². The van der Waals surface area contributed by atoms with E-state index < -0.39 is 11.7 Å². The monoisotopic (exact) mass is 261 g/mol. The number of ketones is 1. The van der Waals surface area contributed by atoms with Crippen LogP contribution in [0.15, 0.2) is 24.5 Å². The minimum absolute atomic E-state index is 0.197. The fraction of sp³-hybridized carbons (Fsp3) is 0.154. The van der Waals surface area contributed by atoms with Crippen LogP contribution in [-0.2, 0) is 0 Å². The molecule has 5 nitrogen and oxygen atoms in total. The third-order valence-electron chi connectivity index (χ3n) is 2.77. The van der Waals surface area contributed by atoms with Gasteiger partial charge in [0.05, 0.1) is 17.4 Å². The van der Waals surface area contributed by atoms with Crippen LogP contribution in [0.2, 0.25) is 0 Å². The van der Waals surface area contributed by atoms with Crippen molar-refractivity contribution in [2.75, 3.05) is 0 Å². The van der Waals surface area contributed by atoms with Crippen LogP contribution in [0.1, 0.15) is 33.2 Å². The molecule has 1 amide bonds. The van der Waals surface area contributed by atoms with E-state index in [-0.39, 0.29) is 16.9 Å². The van der Waals surface area contributed by atoms with Gasteiger partial charge >= 0.3 is 0 Å². The Morgan fingerprint density at radius 2 is 2.05 bits per heavy atom. The Morgan fingerprint density at radius 3 is 2.58 bits per heavy atom. The minimum atomic E-state index is -0.616. The number of hydrogen-bond acceptors (Lipinski definition) is 3. The maximum Gasteiger partial charge on any atom is 0.251 e. The highest BCUT2D eigenvalue weighted by molar-refractivity contribution is 5.98. The zero-order chi connectivity index (χ0) is 14.2. The second-order valence-corrected chi connectivity index (χ2v) is 4.21. The molecule has 0 saturated carbocycles. The van der Waals surface area contributed by atoms with Gasteiger partial charge in [0.25, 0.3) is 5.91 Å². The quantitative estimate of drug-likeness (QED) is 0.853. The maximum atomic E-state index is 13.5. The van der Waals surface area contributed by atoms with Crippen molar-refractivity contribution in [3.8, 4) is 5.69 Å². The van der Waals surface area contributed by atoms with Gasteiger partial charge in [0, 0.05) is 11.8 Å². The van der Waals surface area contributed by atoms with E-state index in [1.54, 1.807) is 6.92 Å². The largest absolute Gasteiger partial charge is 0.366 e. The van der Waals surface area contributed by atoms with Crippen LogP contribution in [0, 0.1) is 12.7 Å². The number of nitrogens with two attached hydrogens (primary N) is 1. The van der Waals surface area contributed by atoms with Crippen LogP contribution in [0.4, 0.5) is 4.39 Å². The Labute approximate surface area is 108 Å². The lowest BCUT2D eigenvalue weighted by Crippen LogP contribution is -2.10. The number of hydrogen-bond donors (Lipinski definition) is 1. The number of primary amides is 1. The number of aryl methyl sites for hydroxylation is 1. The maximum absolute atomic E-state index is 13.5. The van der Waals surface area contributed by atoms with Crippen molar-refractivity contribution in [1.29, 1.82) is 0 Å². The van der Waals surface area contributed by atoms with Crippen molar-refractivity contribution in [3.63, 3.8) is 0 Å². The molecule has 0 aliphatic carbocycles. The molecule has 0 radical (unpaired) electrons. The number of amides is 1. The smallest absolute Gasteiger partial charge is 0.251 e. The van der Waals surface area contributed by atoms with Crippen LogP contribution in [0.3, 0.4) is 0 Å². The van der Waals surface area contributed by atoms with Gasteiger partial charge in [0.15, 0.2) is 5.78 Å². The third-order valence-corrected chi connectivity index (χ3v) is 2.77. The predicted octanol–water partition coefficient (Wildman–Crippen LogP) is 1.62. The van der Waals surface area contributed by atoms with E-state index in [0.29, 0.717) is 11.3 Å². The van der Waals surface area contributed by atoms with E-state index in [2.05, 4.69) is 5.10 Å². The lowest BCUT2D eigenvalue weighted by Gasteiger charge is -2.09. The van der Waals surface area contributed by atoms with Crippen molar-refractivity contribution >= 4 is 11.7 Å². The summed E-state index contributed by atoms with van der Waals surface area (Å²) in [5, 5.41) is 3.96. The molecule has 0 atom stereocenters. The Balaban J connectivity index is 2.62. The molecule has 2 rings (SSSR count). The van der Waals surface area contributed by atoms with E-state index in [4.69, 9.17) is 5.73 Å². The lowest BCUT2D eigenvalue weighted by molar-refractivity contribution is 0.0996. The number of carbonyl (C=O) groups is 2. The van der Waals surface area contributed by atoms with E-state index in [1.165, 1.54) is 36.1 Å². The van der Waals surface area contributed by atoms with Gasteiger partial charge in [-0.15, -0.1) is 0 Å². The Hall–Kier alpha value is -2.50. The average molecular weight is 261 g/mol. The molecule has 0 aliphatic rings. The summed E-state index contributed by atoms with van der Waals surface area (Å²) in [5.74, 6) is -1.37. The van der Waals surface area contributed by atoms with Crippen molar-refractivity contribution in [3.05, 3.63) is 47.0 Å².